The largest absolute Gasteiger partial charge is 0.490 e. The maximum Gasteiger partial charge on any atom is 0.256 e. The van der Waals surface area contributed by atoms with E-state index in [0.29, 0.717) is 70.8 Å². The van der Waals surface area contributed by atoms with Gasteiger partial charge in [-0.3, -0.25) is 4.79 Å². The predicted octanol–water partition coefficient (Wildman–Crippen LogP) is 5.59. The van der Waals surface area contributed by atoms with E-state index in [1.54, 1.807) is 0 Å². The predicted molar refractivity (Wildman–Crippen MR) is 141 cm³/mol. The Kier molecular flexibility index (Phi) is 17.9. The third-order valence-corrected chi connectivity index (χ3v) is 6.20. The minimum atomic E-state index is -0.519. The molecule has 2 rings (SSSR count). The van der Waals surface area contributed by atoms with Crippen LogP contribution in [0.5, 0.6) is 5.75 Å². The zero-order valence-corrected chi connectivity index (χ0v) is 22.7. The molecule has 1 unspecified atom stereocenters. The Labute approximate surface area is 222 Å². The molecule has 0 spiro atoms. The molecular formula is C28H45ClO7. The van der Waals surface area contributed by atoms with Crippen LogP contribution in [-0.2, 0) is 30.1 Å². The molecule has 1 atom stereocenters. The van der Waals surface area contributed by atoms with E-state index < -0.39 is 5.24 Å². The standard InChI is InChI=1S/C28H45ClO7/c1-2-3-4-5-6-7-8-9-10-24-11-12-27(26(21-24)28(29)30)36-23-25-22-34-18-17-32-14-13-31-15-16-33-19-20-35-25/h11-12,21,25H,2-10,13-20,22-23H2,1H3. The summed E-state index contributed by atoms with van der Waals surface area (Å²) in [4.78, 5) is 12.1. The van der Waals surface area contributed by atoms with Crippen molar-refractivity contribution in [1.82, 2.24) is 0 Å². The van der Waals surface area contributed by atoms with Gasteiger partial charge in [-0.1, -0.05) is 57.9 Å². The molecule has 1 fully saturated rings. The van der Waals surface area contributed by atoms with Gasteiger partial charge in [-0.25, -0.2) is 0 Å². The van der Waals surface area contributed by atoms with E-state index in [9.17, 15) is 4.79 Å². The first-order chi connectivity index (χ1) is 17.7. The molecule has 0 saturated carbocycles. The lowest BCUT2D eigenvalue weighted by Crippen LogP contribution is -2.29. The molecule has 8 heteroatoms. The Balaban J connectivity index is 1.81. The molecule has 0 bridgehead atoms. The van der Waals surface area contributed by atoms with Crippen LogP contribution in [0, 0.1) is 0 Å². The van der Waals surface area contributed by atoms with Crippen LogP contribution in [0.2, 0.25) is 0 Å². The van der Waals surface area contributed by atoms with Crippen LogP contribution in [0.25, 0.3) is 0 Å². The van der Waals surface area contributed by atoms with Crippen molar-refractivity contribution in [2.75, 3.05) is 66.1 Å². The van der Waals surface area contributed by atoms with E-state index in [0.717, 1.165) is 18.4 Å². The summed E-state index contributed by atoms with van der Waals surface area (Å²) in [6.07, 6.45) is 10.8. The van der Waals surface area contributed by atoms with Crippen LogP contribution in [0.1, 0.15) is 74.2 Å². The summed E-state index contributed by atoms with van der Waals surface area (Å²) >= 11 is 5.89. The number of aryl methyl sites for hydroxylation is 1. The Morgan fingerprint density at radius 1 is 0.833 bits per heavy atom. The van der Waals surface area contributed by atoms with E-state index in [2.05, 4.69) is 6.92 Å². The van der Waals surface area contributed by atoms with E-state index in [1.165, 1.54) is 44.9 Å². The smallest absolute Gasteiger partial charge is 0.256 e. The quantitative estimate of drug-likeness (QED) is 0.244. The van der Waals surface area contributed by atoms with Crippen molar-refractivity contribution < 1.29 is 33.2 Å². The number of carbonyl (C=O) groups is 1. The van der Waals surface area contributed by atoms with Gasteiger partial charge in [0, 0.05) is 0 Å². The fraction of sp³-hybridized carbons (Fsp3) is 0.750. The molecule has 1 saturated heterocycles. The average molecular weight is 529 g/mol. The van der Waals surface area contributed by atoms with E-state index in [4.69, 9.17) is 40.0 Å². The molecular weight excluding hydrogens is 484 g/mol. The SMILES string of the molecule is CCCCCCCCCCc1ccc(OCC2COCCOCCOCCOCCO2)c(C(=O)Cl)c1. The number of halogens is 1. The second kappa shape index (κ2) is 20.8. The molecule has 0 radical (unpaired) electrons. The normalized spacial score (nSPS) is 18.8. The summed E-state index contributed by atoms with van der Waals surface area (Å²) in [6.45, 7) is 6.72. The second-order valence-electron chi connectivity index (χ2n) is 9.04. The summed E-state index contributed by atoms with van der Waals surface area (Å²) in [5.41, 5.74) is 1.50. The van der Waals surface area contributed by atoms with Crippen molar-refractivity contribution in [2.24, 2.45) is 0 Å². The lowest BCUT2D eigenvalue weighted by Gasteiger charge is -2.20. The van der Waals surface area contributed by atoms with E-state index >= 15 is 0 Å². The van der Waals surface area contributed by atoms with Gasteiger partial charge >= 0.3 is 0 Å². The average Bonchev–Trinajstić information content (AvgIpc) is 2.89. The highest BCUT2D eigenvalue weighted by Crippen LogP contribution is 2.24. The molecule has 0 aliphatic carbocycles. The van der Waals surface area contributed by atoms with Gasteiger partial charge < -0.3 is 28.4 Å². The highest BCUT2D eigenvalue weighted by atomic mass is 35.5. The Morgan fingerprint density at radius 3 is 2.06 bits per heavy atom. The molecule has 206 valence electrons. The second-order valence-corrected chi connectivity index (χ2v) is 9.39. The minimum Gasteiger partial charge on any atom is -0.490 e. The number of carbonyl (C=O) groups excluding carboxylic acids is 1. The monoisotopic (exact) mass is 528 g/mol. The number of rotatable bonds is 13. The summed E-state index contributed by atoms with van der Waals surface area (Å²) in [5.74, 6) is 0.464. The Bertz CT molecular complexity index is 684. The Morgan fingerprint density at radius 2 is 1.42 bits per heavy atom. The van der Waals surface area contributed by atoms with Crippen molar-refractivity contribution >= 4 is 16.8 Å². The van der Waals surface area contributed by atoms with Gasteiger partial charge in [0.2, 0.25) is 0 Å². The zero-order valence-electron chi connectivity index (χ0n) is 22.0. The molecule has 0 amide bonds. The van der Waals surface area contributed by atoms with E-state index in [-0.39, 0.29) is 12.7 Å². The van der Waals surface area contributed by atoms with Crippen molar-refractivity contribution in [1.29, 1.82) is 0 Å². The summed E-state index contributed by atoms with van der Waals surface area (Å²) in [7, 11) is 0. The number of hydrogen-bond donors (Lipinski definition) is 0. The molecule has 1 aliphatic heterocycles. The van der Waals surface area contributed by atoms with Crippen LogP contribution < -0.4 is 4.74 Å². The molecule has 1 aliphatic rings. The van der Waals surface area contributed by atoms with Crippen molar-refractivity contribution in [3.05, 3.63) is 29.3 Å². The summed E-state index contributed by atoms with van der Waals surface area (Å²) < 4.78 is 34.0. The zero-order chi connectivity index (χ0) is 25.7. The number of hydrogen-bond acceptors (Lipinski definition) is 7. The number of unbranched alkanes of at least 4 members (excludes halogenated alkanes) is 7. The maximum absolute atomic E-state index is 12.1. The number of benzene rings is 1. The maximum atomic E-state index is 12.1. The van der Waals surface area contributed by atoms with Crippen LogP contribution >= 0.6 is 11.6 Å². The van der Waals surface area contributed by atoms with Gasteiger partial charge in [0.1, 0.15) is 18.5 Å². The number of ether oxygens (including phenoxy) is 6. The highest BCUT2D eigenvalue weighted by Gasteiger charge is 2.16. The first kappa shape index (κ1) is 31.0. The first-order valence-electron chi connectivity index (χ1n) is 13.6. The fourth-order valence-electron chi connectivity index (χ4n) is 3.95. The third-order valence-electron chi connectivity index (χ3n) is 6.00. The lowest BCUT2D eigenvalue weighted by atomic mass is 10.0. The van der Waals surface area contributed by atoms with Crippen molar-refractivity contribution in [2.45, 2.75) is 70.8 Å². The van der Waals surface area contributed by atoms with Crippen LogP contribution in [0.15, 0.2) is 18.2 Å². The molecule has 7 nitrogen and oxygen atoms in total. The van der Waals surface area contributed by atoms with E-state index in [1.807, 2.05) is 18.2 Å². The van der Waals surface area contributed by atoms with Crippen LogP contribution in [0.4, 0.5) is 0 Å². The van der Waals surface area contributed by atoms with Gasteiger partial charge in [0.05, 0.1) is 65.0 Å². The molecule has 1 aromatic rings. The molecule has 36 heavy (non-hydrogen) atoms. The minimum absolute atomic E-state index is 0.235. The molecule has 0 N–H and O–H groups in total. The van der Waals surface area contributed by atoms with Gasteiger partial charge in [0.15, 0.2) is 0 Å². The van der Waals surface area contributed by atoms with Crippen molar-refractivity contribution in [3.8, 4) is 5.75 Å². The first-order valence-corrected chi connectivity index (χ1v) is 14.0. The van der Waals surface area contributed by atoms with Gasteiger partial charge in [0.25, 0.3) is 5.24 Å². The van der Waals surface area contributed by atoms with Crippen molar-refractivity contribution in [3.63, 3.8) is 0 Å². The molecule has 1 heterocycles. The van der Waals surface area contributed by atoms with Gasteiger partial charge in [-0.05, 0) is 42.1 Å². The Hall–Kier alpha value is -1.22. The lowest BCUT2D eigenvalue weighted by molar-refractivity contribution is -0.0606. The highest BCUT2D eigenvalue weighted by molar-refractivity contribution is 6.68. The summed E-state index contributed by atoms with van der Waals surface area (Å²) in [6, 6.07) is 5.70. The molecule has 0 aromatic heterocycles. The topological polar surface area (TPSA) is 72.5 Å². The van der Waals surface area contributed by atoms with Crippen LogP contribution in [0.3, 0.4) is 0 Å². The fourth-order valence-corrected chi connectivity index (χ4v) is 4.10. The third kappa shape index (κ3) is 14.5. The summed E-state index contributed by atoms with van der Waals surface area (Å²) in [5, 5.41) is -0.519. The molecule has 1 aromatic carbocycles. The van der Waals surface area contributed by atoms with Gasteiger partial charge in [-0.2, -0.15) is 0 Å². The van der Waals surface area contributed by atoms with Crippen LogP contribution in [-0.4, -0.2) is 77.4 Å². The van der Waals surface area contributed by atoms with Gasteiger partial charge in [-0.15, -0.1) is 0 Å².